The molecule has 3 rings (SSSR count). The van der Waals surface area contributed by atoms with Crippen LogP contribution in [0.25, 0.3) is 4.96 Å². The Labute approximate surface area is 124 Å². The number of hydrogen-bond acceptors (Lipinski definition) is 4. The fourth-order valence-corrected chi connectivity index (χ4v) is 3.03. The summed E-state index contributed by atoms with van der Waals surface area (Å²) in [6.07, 6.45) is 3.60. The zero-order valence-electron chi connectivity index (χ0n) is 9.01. The molecule has 3 heterocycles. The zero-order chi connectivity index (χ0) is 12.7. The van der Waals surface area contributed by atoms with E-state index in [9.17, 15) is 5.11 Å². The molecule has 1 atom stereocenters. The van der Waals surface area contributed by atoms with Crippen molar-refractivity contribution in [2.45, 2.75) is 12.5 Å². The van der Waals surface area contributed by atoms with E-state index in [1.807, 2.05) is 22.2 Å². The molecule has 3 aromatic heterocycles. The number of aromatic nitrogens is 2. The smallest absolute Gasteiger partial charge is 0.193 e. The van der Waals surface area contributed by atoms with Crippen LogP contribution in [0.4, 0.5) is 0 Å². The van der Waals surface area contributed by atoms with Gasteiger partial charge in [-0.3, -0.25) is 4.40 Å². The minimum atomic E-state index is -0.697. The number of nitrogens with zero attached hydrogens (tertiary/aromatic N) is 2. The van der Waals surface area contributed by atoms with Gasteiger partial charge in [0.05, 0.1) is 10.2 Å². The van der Waals surface area contributed by atoms with E-state index in [4.69, 9.17) is 4.42 Å². The van der Waals surface area contributed by atoms with Gasteiger partial charge < -0.3 is 9.52 Å². The predicted molar refractivity (Wildman–Crippen MR) is 75.8 cm³/mol. The van der Waals surface area contributed by atoms with Gasteiger partial charge in [0.15, 0.2) is 9.63 Å². The SMILES string of the molecule is OC(Cc1cn2ccsc2n1)c1cc(Br)c(Br)o1. The number of imidazole rings is 1. The largest absolute Gasteiger partial charge is 0.450 e. The third-order valence-electron chi connectivity index (χ3n) is 2.54. The van der Waals surface area contributed by atoms with Crippen molar-refractivity contribution in [3.05, 3.63) is 44.4 Å². The highest BCUT2D eigenvalue weighted by Crippen LogP contribution is 2.31. The van der Waals surface area contributed by atoms with Crippen LogP contribution in [0.15, 0.2) is 37.4 Å². The standard InChI is InChI=1S/C11H8Br2N2O2S/c12-7-4-9(17-10(7)13)8(16)3-6-5-15-1-2-18-11(15)14-6/h1-2,4-5,8,16H,3H2. The Hall–Kier alpha value is -0.630. The van der Waals surface area contributed by atoms with Crippen molar-refractivity contribution in [1.29, 1.82) is 0 Å². The summed E-state index contributed by atoms with van der Waals surface area (Å²) >= 11 is 8.14. The molecule has 0 saturated carbocycles. The Morgan fingerprint density at radius 3 is 3.00 bits per heavy atom. The first-order valence-corrected chi connectivity index (χ1v) is 7.64. The first-order chi connectivity index (χ1) is 8.63. The van der Waals surface area contributed by atoms with Gasteiger partial charge in [0.1, 0.15) is 11.9 Å². The molecule has 18 heavy (non-hydrogen) atoms. The molecule has 0 spiro atoms. The van der Waals surface area contributed by atoms with Crippen LogP contribution in [0.1, 0.15) is 17.6 Å². The second kappa shape index (κ2) is 4.80. The third kappa shape index (κ3) is 2.27. The summed E-state index contributed by atoms with van der Waals surface area (Å²) in [5.74, 6) is 0.519. The van der Waals surface area contributed by atoms with Crippen LogP contribution in [-0.2, 0) is 6.42 Å². The molecule has 1 N–H and O–H groups in total. The Bertz CT molecular complexity index is 640. The number of aliphatic hydroxyl groups is 1. The third-order valence-corrected chi connectivity index (χ3v) is 5.02. The summed E-state index contributed by atoms with van der Waals surface area (Å²) in [5.41, 5.74) is 0.845. The van der Waals surface area contributed by atoms with Gasteiger partial charge in [0.25, 0.3) is 0 Å². The van der Waals surface area contributed by atoms with Gasteiger partial charge in [-0.2, -0.15) is 0 Å². The second-order valence-corrected chi connectivity index (χ2v) is 6.26. The summed E-state index contributed by atoms with van der Waals surface area (Å²) in [7, 11) is 0. The Morgan fingerprint density at radius 1 is 1.50 bits per heavy atom. The van der Waals surface area contributed by atoms with Crippen LogP contribution in [0.2, 0.25) is 0 Å². The number of halogens is 2. The summed E-state index contributed by atoms with van der Waals surface area (Å²) < 4.78 is 8.72. The lowest BCUT2D eigenvalue weighted by Gasteiger charge is -2.04. The van der Waals surface area contributed by atoms with Crippen molar-refractivity contribution in [3.8, 4) is 0 Å². The topological polar surface area (TPSA) is 50.7 Å². The van der Waals surface area contributed by atoms with Crippen molar-refractivity contribution < 1.29 is 9.52 Å². The molecule has 0 fully saturated rings. The average molecular weight is 392 g/mol. The first kappa shape index (κ1) is 12.4. The van der Waals surface area contributed by atoms with Crippen LogP contribution >= 0.6 is 43.2 Å². The molecule has 1 unspecified atom stereocenters. The van der Waals surface area contributed by atoms with E-state index in [1.54, 1.807) is 17.4 Å². The summed E-state index contributed by atoms with van der Waals surface area (Å²) in [4.78, 5) is 5.35. The van der Waals surface area contributed by atoms with Crippen LogP contribution < -0.4 is 0 Å². The number of furan rings is 1. The molecule has 0 aliphatic carbocycles. The summed E-state index contributed by atoms with van der Waals surface area (Å²) in [6, 6.07) is 1.76. The quantitative estimate of drug-likeness (QED) is 0.738. The maximum Gasteiger partial charge on any atom is 0.193 e. The molecule has 0 bridgehead atoms. The lowest BCUT2D eigenvalue weighted by molar-refractivity contribution is 0.148. The van der Waals surface area contributed by atoms with Gasteiger partial charge in [-0.15, -0.1) is 11.3 Å². The van der Waals surface area contributed by atoms with E-state index in [-0.39, 0.29) is 0 Å². The molecular weight excluding hydrogens is 384 g/mol. The molecule has 0 aromatic carbocycles. The Balaban J connectivity index is 1.81. The zero-order valence-corrected chi connectivity index (χ0v) is 13.0. The van der Waals surface area contributed by atoms with E-state index in [2.05, 4.69) is 36.8 Å². The van der Waals surface area contributed by atoms with E-state index < -0.39 is 6.10 Å². The van der Waals surface area contributed by atoms with Gasteiger partial charge in [0.2, 0.25) is 0 Å². The predicted octanol–water partition coefficient (Wildman–Crippen LogP) is 3.79. The highest BCUT2D eigenvalue weighted by molar-refractivity contribution is 9.13. The molecular formula is C11H8Br2N2O2S. The number of fused-ring (bicyclic) bond motifs is 1. The average Bonchev–Trinajstić information content (AvgIpc) is 2.95. The fraction of sp³-hybridized carbons (Fsp3) is 0.182. The molecule has 0 aliphatic heterocycles. The molecule has 0 amide bonds. The van der Waals surface area contributed by atoms with Crippen molar-refractivity contribution >= 4 is 48.2 Å². The highest BCUT2D eigenvalue weighted by Gasteiger charge is 2.17. The van der Waals surface area contributed by atoms with Crippen molar-refractivity contribution in [1.82, 2.24) is 9.38 Å². The molecule has 0 aliphatic rings. The normalized spacial score (nSPS) is 13.3. The van der Waals surface area contributed by atoms with E-state index >= 15 is 0 Å². The van der Waals surface area contributed by atoms with Gasteiger partial charge in [0, 0.05) is 24.2 Å². The molecule has 94 valence electrons. The Kier molecular flexibility index (Phi) is 3.31. The minimum Gasteiger partial charge on any atom is -0.450 e. The van der Waals surface area contributed by atoms with E-state index in [1.165, 1.54) is 0 Å². The van der Waals surface area contributed by atoms with Crippen molar-refractivity contribution in [2.24, 2.45) is 0 Å². The molecule has 0 radical (unpaired) electrons. The van der Waals surface area contributed by atoms with Crippen LogP contribution in [0.5, 0.6) is 0 Å². The van der Waals surface area contributed by atoms with Crippen LogP contribution in [-0.4, -0.2) is 14.5 Å². The molecule has 3 aromatic rings. The monoisotopic (exact) mass is 390 g/mol. The lowest BCUT2D eigenvalue weighted by atomic mass is 10.1. The number of aliphatic hydroxyl groups excluding tert-OH is 1. The van der Waals surface area contributed by atoms with Gasteiger partial charge in [-0.25, -0.2) is 4.98 Å². The van der Waals surface area contributed by atoms with Crippen LogP contribution in [0, 0.1) is 0 Å². The molecule has 4 nitrogen and oxygen atoms in total. The van der Waals surface area contributed by atoms with Crippen molar-refractivity contribution in [2.75, 3.05) is 0 Å². The summed E-state index contributed by atoms with van der Waals surface area (Å²) in [6.45, 7) is 0. The number of rotatable bonds is 3. The Morgan fingerprint density at radius 2 is 2.33 bits per heavy atom. The van der Waals surface area contributed by atoms with E-state index in [0.29, 0.717) is 16.9 Å². The van der Waals surface area contributed by atoms with Crippen molar-refractivity contribution in [3.63, 3.8) is 0 Å². The maximum absolute atomic E-state index is 10.1. The van der Waals surface area contributed by atoms with Gasteiger partial charge in [-0.1, -0.05) is 0 Å². The highest BCUT2D eigenvalue weighted by atomic mass is 79.9. The minimum absolute atomic E-state index is 0.431. The molecule has 0 saturated heterocycles. The fourth-order valence-electron chi connectivity index (χ4n) is 1.70. The number of hydrogen-bond donors (Lipinski definition) is 1. The van der Waals surface area contributed by atoms with Gasteiger partial charge in [-0.05, 0) is 37.9 Å². The first-order valence-electron chi connectivity index (χ1n) is 5.17. The van der Waals surface area contributed by atoms with Crippen LogP contribution in [0.3, 0.4) is 0 Å². The number of thiazole rings is 1. The van der Waals surface area contributed by atoms with E-state index in [0.717, 1.165) is 15.1 Å². The lowest BCUT2D eigenvalue weighted by Crippen LogP contribution is -2.00. The summed E-state index contributed by atoms with van der Waals surface area (Å²) in [5, 5.41) is 12.1. The van der Waals surface area contributed by atoms with Gasteiger partial charge >= 0.3 is 0 Å². The maximum atomic E-state index is 10.1. The second-order valence-electron chi connectivity index (χ2n) is 3.82. The molecule has 7 heteroatoms.